The van der Waals surface area contributed by atoms with E-state index in [-0.39, 0.29) is 17.9 Å². The van der Waals surface area contributed by atoms with Crippen LogP contribution in [0.2, 0.25) is 0 Å². The first-order valence-corrected chi connectivity index (χ1v) is 7.41. The summed E-state index contributed by atoms with van der Waals surface area (Å²) in [5, 5.41) is 5.27. The summed E-state index contributed by atoms with van der Waals surface area (Å²) >= 11 is 0. The molecule has 2 heterocycles. The Labute approximate surface area is 100 Å². The van der Waals surface area contributed by atoms with Crippen molar-refractivity contribution < 1.29 is 8.42 Å². The maximum Gasteiger partial charge on any atom is 0.268 e. The van der Waals surface area contributed by atoms with E-state index in [1.165, 1.54) is 4.31 Å². The van der Waals surface area contributed by atoms with Gasteiger partial charge in [-0.25, -0.2) is 8.42 Å². The van der Waals surface area contributed by atoms with E-state index < -0.39 is 10.0 Å². The molecule has 17 heavy (non-hydrogen) atoms. The van der Waals surface area contributed by atoms with Gasteiger partial charge in [-0.05, 0) is 6.42 Å². The van der Waals surface area contributed by atoms with Crippen LogP contribution in [0.25, 0.3) is 0 Å². The number of nitrogens with one attached hydrogen (secondary N) is 2. The first kappa shape index (κ1) is 12.4. The molecule has 1 aliphatic heterocycles. The second-order valence-corrected chi connectivity index (χ2v) is 6.38. The number of rotatable bonds is 4. The molecule has 0 spiro atoms. The van der Waals surface area contributed by atoms with E-state index in [0.717, 1.165) is 12.1 Å². The van der Waals surface area contributed by atoms with Crippen LogP contribution in [0.1, 0.15) is 31.0 Å². The molecule has 0 radical (unpaired) electrons. The summed E-state index contributed by atoms with van der Waals surface area (Å²) in [5.74, 6) is 0.168. The van der Waals surface area contributed by atoms with Gasteiger partial charge in [0.15, 0.2) is 0 Å². The predicted octanol–water partition coefficient (Wildman–Crippen LogP) is 0.191. The number of sulfonamides is 1. The van der Waals surface area contributed by atoms with Gasteiger partial charge in [-0.3, -0.25) is 9.89 Å². The number of aromatic amines is 2. The number of fused-ring (bicyclic) bond motifs is 1. The monoisotopic (exact) mass is 259 g/mol. The lowest BCUT2D eigenvalue weighted by molar-refractivity contribution is 0.388. The lowest BCUT2D eigenvalue weighted by Gasteiger charge is -2.25. The molecular weight excluding hydrogens is 242 g/mol. The standard InChI is InChI=1S/C10H17N3O3S/c1-2-3-6-17(15,16)13-5-4-9-8(7-13)10(14)12-11-9/h2-7H2,1H3,(H2,11,12,14). The molecule has 1 aliphatic rings. The summed E-state index contributed by atoms with van der Waals surface area (Å²) in [4.78, 5) is 11.4. The van der Waals surface area contributed by atoms with E-state index in [9.17, 15) is 13.2 Å². The third-order valence-electron chi connectivity index (χ3n) is 3.06. The molecule has 2 N–H and O–H groups in total. The van der Waals surface area contributed by atoms with Crippen LogP contribution in [0.15, 0.2) is 4.79 Å². The Balaban J connectivity index is 2.17. The predicted molar refractivity (Wildman–Crippen MR) is 64.2 cm³/mol. The zero-order chi connectivity index (χ0) is 12.5. The van der Waals surface area contributed by atoms with Crippen molar-refractivity contribution >= 4 is 10.0 Å². The molecular formula is C10H17N3O3S. The van der Waals surface area contributed by atoms with Crippen LogP contribution in [-0.2, 0) is 23.0 Å². The van der Waals surface area contributed by atoms with Gasteiger partial charge in [0.1, 0.15) is 0 Å². The molecule has 0 amide bonds. The molecule has 0 aliphatic carbocycles. The molecule has 0 fully saturated rings. The van der Waals surface area contributed by atoms with Gasteiger partial charge in [0.25, 0.3) is 5.56 Å². The van der Waals surface area contributed by atoms with Crippen LogP contribution >= 0.6 is 0 Å². The number of unbranched alkanes of at least 4 members (excludes halogenated alkanes) is 1. The molecule has 2 rings (SSSR count). The normalized spacial score (nSPS) is 17.0. The van der Waals surface area contributed by atoms with E-state index in [1.54, 1.807) is 0 Å². The lowest BCUT2D eigenvalue weighted by Crippen LogP contribution is -2.38. The Bertz CT molecular complexity index is 543. The maximum absolute atomic E-state index is 12.0. The highest BCUT2D eigenvalue weighted by molar-refractivity contribution is 7.89. The highest BCUT2D eigenvalue weighted by atomic mass is 32.2. The first-order chi connectivity index (χ1) is 8.04. The van der Waals surface area contributed by atoms with Crippen molar-refractivity contribution in [1.82, 2.24) is 14.5 Å². The van der Waals surface area contributed by atoms with Crippen molar-refractivity contribution in [2.24, 2.45) is 0 Å². The quantitative estimate of drug-likeness (QED) is 0.809. The van der Waals surface area contributed by atoms with Crippen molar-refractivity contribution in [1.29, 1.82) is 0 Å². The van der Waals surface area contributed by atoms with Crippen molar-refractivity contribution in [3.8, 4) is 0 Å². The summed E-state index contributed by atoms with van der Waals surface area (Å²) in [6.45, 7) is 2.60. The minimum Gasteiger partial charge on any atom is -0.302 e. The van der Waals surface area contributed by atoms with Crippen LogP contribution in [-0.4, -0.2) is 35.2 Å². The SMILES string of the molecule is CCCCS(=O)(=O)N1CCc2[nH][nH]c(=O)c2C1. The van der Waals surface area contributed by atoms with Crippen LogP contribution in [0, 0.1) is 0 Å². The molecule has 0 aromatic carbocycles. The van der Waals surface area contributed by atoms with Gasteiger partial charge in [0.2, 0.25) is 10.0 Å². The van der Waals surface area contributed by atoms with Crippen molar-refractivity contribution in [3.63, 3.8) is 0 Å². The van der Waals surface area contributed by atoms with Gasteiger partial charge >= 0.3 is 0 Å². The third kappa shape index (κ3) is 2.44. The number of hydrogen-bond acceptors (Lipinski definition) is 3. The second-order valence-electron chi connectivity index (χ2n) is 4.29. The molecule has 1 aromatic heterocycles. The average Bonchev–Trinajstić information content (AvgIpc) is 2.68. The zero-order valence-electron chi connectivity index (χ0n) is 9.82. The molecule has 96 valence electrons. The summed E-state index contributed by atoms with van der Waals surface area (Å²) in [6, 6.07) is 0. The van der Waals surface area contributed by atoms with Crippen LogP contribution in [0.5, 0.6) is 0 Å². The van der Waals surface area contributed by atoms with Gasteiger partial charge in [0, 0.05) is 25.2 Å². The molecule has 0 atom stereocenters. The van der Waals surface area contributed by atoms with Gasteiger partial charge < -0.3 is 5.10 Å². The van der Waals surface area contributed by atoms with E-state index in [0.29, 0.717) is 24.9 Å². The third-order valence-corrected chi connectivity index (χ3v) is 4.96. The largest absolute Gasteiger partial charge is 0.302 e. The fraction of sp³-hybridized carbons (Fsp3) is 0.700. The molecule has 0 saturated carbocycles. The zero-order valence-corrected chi connectivity index (χ0v) is 10.6. The van der Waals surface area contributed by atoms with Gasteiger partial charge in [-0.1, -0.05) is 13.3 Å². The Morgan fingerprint density at radius 3 is 2.82 bits per heavy atom. The second kappa shape index (κ2) is 4.66. The van der Waals surface area contributed by atoms with E-state index >= 15 is 0 Å². The highest BCUT2D eigenvalue weighted by Crippen LogP contribution is 2.17. The average molecular weight is 259 g/mol. The van der Waals surface area contributed by atoms with E-state index in [2.05, 4.69) is 10.2 Å². The fourth-order valence-corrected chi connectivity index (χ4v) is 3.59. The lowest BCUT2D eigenvalue weighted by atomic mass is 10.1. The van der Waals surface area contributed by atoms with Crippen molar-refractivity contribution in [2.45, 2.75) is 32.7 Å². The number of hydrogen-bond donors (Lipinski definition) is 2. The Morgan fingerprint density at radius 2 is 2.12 bits per heavy atom. The smallest absolute Gasteiger partial charge is 0.268 e. The van der Waals surface area contributed by atoms with E-state index in [4.69, 9.17) is 0 Å². The van der Waals surface area contributed by atoms with E-state index in [1.807, 2.05) is 6.92 Å². The molecule has 1 aromatic rings. The Kier molecular flexibility index (Phi) is 3.39. The topological polar surface area (TPSA) is 86.0 Å². The van der Waals surface area contributed by atoms with Crippen LogP contribution in [0.3, 0.4) is 0 Å². The molecule has 6 nitrogen and oxygen atoms in total. The minimum absolute atomic E-state index is 0.168. The van der Waals surface area contributed by atoms with Crippen LogP contribution < -0.4 is 5.56 Å². The molecule has 0 unspecified atom stereocenters. The van der Waals surface area contributed by atoms with Gasteiger partial charge in [-0.2, -0.15) is 4.31 Å². The molecule has 0 bridgehead atoms. The summed E-state index contributed by atoms with van der Waals surface area (Å²) in [5.41, 5.74) is 1.17. The van der Waals surface area contributed by atoms with Gasteiger partial charge in [-0.15, -0.1) is 0 Å². The Morgan fingerprint density at radius 1 is 1.35 bits per heavy atom. The summed E-state index contributed by atoms with van der Waals surface area (Å²) in [6.07, 6.45) is 2.08. The number of aromatic nitrogens is 2. The highest BCUT2D eigenvalue weighted by Gasteiger charge is 2.28. The molecule has 0 saturated heterocycles. The van der Waals surface area contributed by atoms with Crippen molar-refractivity contribution in [2.75, 3.05) is 12.3 Å². The Hall–Kier alpha value is -1.08. The fourth-order valence-electron chi connectivity index (χ4n) is 1.99. The summed E-state index contributed by atoms with van der Waals surface area (Å²) in [7, 11) is -3.22. The number of H-pyrrole nitrogens is 2. The maximum atomic E-state index is 12.0. The number of nitrogens with zero attached hydrogens (tertiary/aromatic N) is 1. The van der Waals surface area contributed by atoms with Crippen molar-refractivity contribution in [3.05, 3.63) is 21.6 Å². The first-order valence-electron chi connectivity index (χ1n) is 5.81. The minimum atomic E-state index is -3.22. The molecule has 7 heteroatoms. The summed E-state index contributed by atoms with van der Waals surface area (Å²) < 4.78 is 25.4. The van der Waals surface area contributed by atoms with Crippen LogP contribution in [0.4, 0.5) is 0 Å². The van der Waals surface area contributed by atoms with Gasteiger partial charge in [0.05, 0.1) is 11.3 Å².